The normalized spacial score (nSPS) is 13.8. The van der Waals surface area contributed by atoms with Gasteiger partial charge in [0.25, 0.3) is 0 Å². The highest BCUT2D eigenvalue weighted by atomic mass is 16.2. The SMILES string of the molecule is CC(=O)Nc1cccc(NC(=O)NC(C)c2ccc3c(c2)CCC(=O)N3)c1. The lowest BCUT2D eigenvalue weighted by molar-refractivity contribution is -0.116. The molecule has 0 radical (unpaired) electrons. The van der Waals surface area contributed by atoms with Gasteiger partial charge in [0.15, 0.2) is 0 Å². The van der Waals surface area contributed by atoms with E-state index in [0.717, 1.165) is 16.8 Å². The molecule has 0 aliphatic carbocycles. The van der Waals surface area contributed by atoms with Gasteiger partial charge in [-0.3, -0.25) is 9.59 Å². The first-order valence-corrected chi connectivity index (χ1v) is 8.78. The highest BCUT2D eigenvalue weighted by Crippen LogP contribution is 2.26. The van der Waals surface area contributed by atoms with E-state index in [2.05, 4.69) is 21.3 Å². The molecule has 4 N–H and O–H groups in total. The number of amides is 4. The smallest absolute Gasteiger partial charge is 0.319 e. The van der Waals surface area contributed by atoms with Crippen molar-refractivity contribution in [2.45, 2.75) is 32.7 Å². The summed E-state index contributed by atoms with van der Waals surface area (Å²) in [6.07, 6.45) is 1.17. The summed E-state index contributed by atoms with van der Waals surface area (Å²) in [6, 6.07) is 12.2. The first-order valence-electron chi connectivity index (χ1n) is 8.78. The van der Waals surface area contributed by atoms with E-state index in [4.69, 9.17) is 0 Å². The van der Waals surface area contributed by atoms with Gasteiger partial charge in [0.2, 0.25) is 11.8 Å². The fraction of sp³-hybridized carbons (Fsp3) is 0.250. The van der Waals surface area contributed by atoms with Gasteiger partial charge < -0.3 is 21.3 Å². The number of rotatable bonds is 4. The van der Waals surface area contributed by atoms with Gasteiger partial charge in [-0.15, -0.1) is 0 Å². The molecule has 1 heterocycles. The summed E-state index contributed by atoms with van der Waals surface area (Å²) in [5.74, 6) is -0.142. The molecule has 140 valence electrons. The van der Waals surface area contributed by atoms with Crippen LogP contribution >= 0.6 is 0 Å². The molecule has 0 saturated heterocycles. The maximum absolute atomic E-state index is 12.3. The molecule has 1 aliphatic heterocycles. The molecule has 0 saturated carbocycles. The van der Waals surface area contributed by atoms with E-state index < -0.39 is 0 Å². The Labute approximate surface area is 157 Å². The zero-order chi connectivity index (χ0) is 19.4. The van der Waals surface area contributed by atoms with Crippen LogP contribution in [0.15, 0.2) is 42.5 Å². The van der Waals surface area contributed by atoms with Crippen LogP contribution in [0.25, 0.3) is 0 Å². The Morgan fingerprint density at radius 1 is 1.04 bits per heavy atom. The average molecular weight is 366 g/mol. The molecule has 2 aromatic rings. The van der Waals surface area contributed by atoms with Crippen LogP contribution in [0.5, 0.6) is 0 Å². The number of carbonyl (C=O) groups excluding carboxylic acids is 3. The van der Waals surface area contributed by atoms with Crippen LogP contribution in [0.1, 0.15) is 37.4 Å². The van der Waals surface area contributed by atoms with E-state index in [1.807, 2.05) is 25.1 Å². The highest BCUT2D eigenvalue weighted by Gasteiger charge is 2.17. The largest absolute Gasteiger partial charge is 0.331 e. The molecule has 0 spiro atoms. The Morgan fingerprint density at radius 2 is 1.78 bits per heavy atom. The summed E-state index contributed by atoms with van der Waals surface area (Å²) in [5, 5.41) is 11.2. The zero-order valence-corrected chi connectivity index (χ0v) is 15.3. The molecule has 0 aromatic heterocycles. The Morgan fingerprint density at radius 3 is 2.52 bits per heavy atom. The van der Waals surface area contributed by atoms with Crippen LogP contribution in [0, 0.1) is 0 Å². The summed E-state index contributed by atoms with van der Waals surface area (Å²) < 4.78 is 0. The third-order valence-corrected chi connectivity index (χ3v) is 4.31. The van der Waals surface area contributed by atoms with E-state index in [-0.39, 0.29) is 23.9 Å². The molecule has 27 heavy (non-hydrogen) atoms. The first kappa shape index (κ1) is 18.4. The van der Waals surface area contributed by atoms with E-state index in [1.54, 1.807) is 24.3 Å². The van der Waals surface area contributed by atoms with Gasteiger partial charge in [-0.2, -0.15) is 0 Å². The minimum absolute atomic E-state index is 0.0299. The molecule has 1 atom stereocenters. The van der Waals surface area contributed by atoms with E-state index in [1.165, 1.54) is 6.92 Å². The number of benzene rings is 2. The summed E-state index contributed by atoms with van der Waals surface area (Å²) in [6.45, 7) is 3.33. The summed E-state index contributed by atoms with van der Waals surface area (Å²) in [5.41, 5.74) is 4.07. The van der Waals surface area contributed by atoms with Gasteiger partial charge in [0, 0.05) is 30.4 Å². The highest BCUT2D eigenvalue weighted by molar-refractivity contribution is 5.94. The third-order valence-electron chi connectivity index (χ3n) is 4.31. The number of fused-ring (bicyclic) bond motifs is 1. The second-order valence-corrected chi connectivity index (χ2v) is 6.55. The first-order chi connectivity index (χ1) is 12.9. The van der Waals surface area contributed by atoms with Crippen LogP contribution in [0.4, 0.5) is 21.9 Å². The van der Waals surface area contributed by atoms with Crippen LogP contribution in [-0.2, 0) is 16.0 Å². The topological polar surface area (TPSA) is 99.3 Å². The summed E-state index contributed by atoms with van der Waals surface area (Å²) in [7, 11) is 0. The van der Waals surface area contributed by atoms with Crippen molar-refractivity contribution in [1.29, 1.82) is 0 Å². The van der Waals surface area contributed by atoms with Crippen LogP contribution < -0.4 is 21.3 Å². The maximum atomic E-state index is 12.3. The predicted molar refractivity (Wildman–Crippen MR) is 105 cm³/mol. The Balaban J connectivity index is 1.62. The molecule has 1 aliphatic rings. The van der Waals surface area contributed by atoms with Gasteiger partial charge in [0.1, 0.15) is 0 Å². The Kier molecular flexibility index (Phi) is 5.40. The maximum Gasteiger partial charge on any atom is 0.319 e. The molecule has 4 amide bonds. The second kappa shape index (κ2) is 7.90. The van der Waals surface area contributed by atoms with Crippen molar-refractivity contribution < 1.29 is 14.4 Å². The zero-order valence-electron chi connectivity index (χ0n) is 15.3. The van der Waals surface area contributed by atoms with Crippen molar-refractivity contribution >= 4 is 34.9 Å². The van der Waals surface area contributed by atoms with Crippen LogP contribution in [0.2, 0.25) is 0 Å². The number of hydrogen-bond acceptors (Lipinski definition) is 3. The van der Waals surface area contributed by atoms with Crippen molar-refractivity contribution in [1.82, 2.24) is 5.32 Å². The summed E-state index contributed by atoms with van der Waals surface area (Å²) >= 11 is 0. The summed E-state index contributed by atoms with van der Waals surface area (Å²) in [4.78, 5) is 34.9. The molecule has 0 bridgehead atoms. The molecule has 0 fully saturated rings. The molecular weight excluding hydrogens is 344 g/mol. The Bertz CT molecular complexity index is 895. The van der Waals surface area contributed by atoms with Gasteiger partial charge in [-0.25, -0.2) is 4.79 Å². The van der Waals surface area contributed by atoms with E-state index >= 15 is 0 Å². The molecule has 2 aromatic carbocycles. The van der Waals surface area contributed by atoms with E-state index in [9.17, 15) is 14.4 Å². The number of carbonyl (C=O) groups is 3. The lowest BCUT2D eigenvalue weighted by Crippen LogP contribution is -2.31. The molecular formula is C20H22N4O3. The van der Waals surface area contributed by atoms with Gasteiger partial charge in [-0.05, 0) is 48.7 Å². The molecule has 7 heteroatoms. The second-order valence-electron chi connectivity index (χ2n) is 6.55. The quantitative estimate of drug-likeness (QED) is 0.667. The number of hydrogen-bond donors (Lipinski definition) is 4. The molecule has 1 unspecified atom stereocenters. The fourth-order valence-corrected chi connectivity index (χ4v) is 3.00. The lowest BCUT2D eigenvalue weighted by Gasteiger charge is -2.20. The van der Waals surface area contributed by atoms with Gasteiger partial charge in [-0.1, -0.05) is 18.2 Å². The van der Waals surface area contributed by atoms with Crippen LogP contribution in [0.3, 0.4) is 0 Å². The van der Waals surface area contributed by atoms with Crippen molar-refractivity contribution in [3.63, 3.8) is 0 Å². The Hall–Kier alpha value is -3.35. The van der Waals surface area contributed by atoms with Crippen molar-refractivity contribution in [2.75, 3.05) is 16.0 Å². The molecule has 7 nitrogen and oxygen atoms in total. The van der Waals surface area contributed by atoms with Crippen molar-refractivity contribution in [3.8, 4) is 0 Å². The van der Waals surface area contributed by atoms with Gasteiger partial charge >= 0.3 is 6.03 Å². The third kappa shape index (κ3) is 4.84. The van der Waals surface area contributed by atoms with Crippen LogP contribution in [-0.4, -0.2) is 17.8 Å². The molecule has 3 rings (SSSR count). The number of nitrogens with one attached hydrogen (secondary N) is 4. The predicted octanol–water partition coefficient (Wildman–Crippen LogP) is 3.41. The lowest BCUT2D eigenvalue weighted by atomic mass is 9.98. The van der Waals surface area contributed by atoms with Crippen molar-refractivity contribution in [2.24, 2.45) is 0 Å². The fourth-order valence-electron chi connectivity index (χ4n) is 3.00. The number of aryl methyl sites for hydroxylation is 1. The minimum Gasteiger partial charge on any atom is -0.331 e. The van der Waals surface area contributed by atoms with Crippen molar-refractivity contribution in [3.05, 3.63) is 53.6 Å². The minimum atomic E-state index is -0.339. The monoisotopic (exact) mass is 366 g/mol. The van der Waals surface area contributed by atoms with Gasteiger partial charge in [0.05, 0.1) is 6.04 Å². The number of anilines is 3. The standard InChI is InChI=1S/C20H22N4O3/c1-12(14-6-8-18-15(10-14)7-9-19(26)24-18)21-20(27)23-17-5-3-4-16(11-17)22-13(2)25/h3-6,8,10-12H,7,9H2,1-2H3,(H,22,25)(H,24,26)(H2,21,23,27). The average Bonchev–Trinajstić information content (AvgIpc) is 2.60. The van der Waals surface area contributed by atoms with E-state index in [0.29, 0.717) is 24.2 Å². The number of urea groups is 1.